The van der Waals surface area contributed by atoms with E-state index in [0.29, 0.717) is 47.7 Å². The number of nitrogens with one attached hydrogen (secondary N) is 2. The van der Waals surface area contributed by atoms with E-state index in [1.807, 2.05) is 11.9 Å². The number of likely N-dealkylation sites (tertiary alicyclic amines) is 1. The maximum atomic E-state index is 14.5. The van der Waals surface area contributed by atoms with Gasteiger partial charge in [0.25, 0.3) is 0 Å². The number of rotatable bonds is 10. The number of Topliss-reactive ketones (excluding diaryl/α,β-unsaturated/α-hetero) is 1. The summed E-state index contributed by atoms with van der Waals surface area (Å²) in [5.41, 5.74) is 0.812. The zero-order valence-corrected chi connectivity index (χ0v) is 21.0. The maximum absolute atomic E-state index is 14.5. The van der Waals surface area contributed by atoms with Gasteiger partial charge < -0.3 is 20.1 Å². The van der Waals surface area contributed by atoms with Gasteiger partial charge in [0, 0.05) is 24.4 Å². The monoisotopic (exact) mass is 513 g/mol. The van der Waals surface area contributed by atoms with E-state index in [0.717, 1.165) is 12.5 Å². The Morgan fingerprint density at radius 1 is 1.25 bits per heavy atom. The van der Waals surface area contributed by atoms with Crippen LogP contribution in [0, 0.1) is 11.7 Å². The molecule has 190 valence electrons. The number of hydrogen-bond acceptors (Lipinski definition) is 8. The van der Waals surface area contributed by atoms with Gasteiger partial charge in [0.05, 0.1) is 35.9 Å². The molecule has 36 heavy (non-hydrogen) atoms. The Bertz CT molecular complexity index is 1270. The van der Waals surface area contributed by atoms with Crippen molar-refractivity contribution in [3.05, 3.63) is 47.5 Å². The molecule has 1 saturated carbocycles. The Kier molecular flexibility index (Phi) is 7.22. The van der Waals surface area contributed by atoms with Crippen molar-refractivity contribution >= 4 is 39.8 Å². The van der Waals surface area contributed by atoms with E-state index < -0.39 is 5.82 Å². The summed E-state index contributed by atoms with van der Waals surface area (Å²) in [4.78, 5) is 23.5. The minimum Gasteiger partial charge on any atom is -0.493 e. The fraction of sp³-hybridized carbons (Fsp3) is 0.423. The molecule has 2 aliphatic rings. The molecule has 2 atom stereocenters. The number of aromatic nitrogens is 2. The molecule has 2 fully saturated rings. The molecule has 8 nitrogen and oxygen atoms in total. The van der Waals surface area contributed by atoms with Crippen LogP contribution in [0.1, 0.15) is 19.3 Å². The van der Waals surface area contributed by atoms with Gasteiger partial charge in [-0.3, -0.25) is 9.69 Å². The molecule has 2 N–H and O–H groups in total. The molecule has 0 spiro atoms. The minimum absolute atomic E-state index is 0.0150. The maximum Gasteiger partial charge on any atom is 0.165 e. The molecule has 0 amide bonds. The average molecular weight is 514 g/mol. The van der Waals surface area contributed by atoms with Crippen molar-refractivity contribution < 1.29 is 18.7 Å². The highest BCUT2D eigenvalue weighted by atomic mass is 35.5. The summed E-state index contributed by atoms with van der Waals surface area (Å²) in [5, 5.41) is 6.95. The molecule has 10 heteroatoms. The second-order valence-corrected chi connectivity index (χ2v) is 9.85. The zero-order valence-electron chi connectivity index (χ0n) is 20.3. The van der Waals surface area contributed by atoms with E-state index in [4.69, 9.17) is 21.1 Å². The number of anilines is 2. The first kappa shape index (κ1) is 24.7. The van der Waals surface area contributed by atoms with Gasteiger partial charge in [0.15, 0.2) is 23.1 Å². The fourth-order valence-corrected chi connectivity index (χ4v) is 4.75. The van der Waals surface area contributed by atoms with Crippen molar-refractivity contribution in [2.75, 3.05) is 39.1 Å². The smallest absolute Gasteiger partial charge is 0.165 e. The molecule has 1 aliphatic carbocycles. The molecule has 0 unspecified atom stereocenters. The van der Waals surface area contributed by atoms with Crippen LogP contribution >= 0.6 is 11.6 Å². The molecule has 1 aliphatic heterocycles. The van der Waals surface area contributed by atoms with Gasteiger partial charge in [-0.25, -0.2) is 14.4 Å². The standard InChI is InChI=1S/C26H29ClFN5O3/c1-33-13-16(8-21(33)22(34)12-29-11-15-6-7-15)36-24-9-17-20(10-23(24)35-2)30-14-31-26(17)32-19-5-3-4-18(27)25(19)28/h3-5,9-10,14-16,21,29H,6-8,11-13H2,1-2H3,(H,30,31,32)/t16-,21-/m0/s1. The Labute approximate surface area is 214 Å². The number of methoxy groups -OCH3 is 1. The molecule has 0 radical (unpaired) electrons. The van der Waals surface area contributed by atoms with E-state index in [1.165, 1.54) is 25.2 Å². The van der Waals surface area contributed by atoms with Crippen LogP contribution in [-0.4, -0.2) is 66.6 Å². The number of hydrogen-bond donors (Lipinski definition) is 2. The zero-order chi connectivity index (χ0) is 25.2. The first-order chi connectivity index (χ1) is 17.4. The van der Waals surface area contributed by atoms with Gasteiger partial charge in [-0.2, -0.15) is 0 Å². The average Bonchev–Trinajstić information content (AvgIpc) is 3.62. The highest BCUT2D eigenvalue weighted by molar-refractivity contribution is 6.31. The number of ketones is 1. The molecule has 2 heterocycles. The number of nitrogens with zero attached hydrogens (tertiary/aromatic N) is 3. The quantitative estimate of drug-likeness (QED) is 0.417. The number of ether oxygens (including phenoxy) is 2. The number of likely N-dealkylation sites (N-methyl/N-ethyl adjacent to an activating group) is 1. The van der Waals surface area contributed by atoms with Gasteiger partial charge in [-0.15, -0.1) is 0 Å². The summed E-state index contributed by atoms with van der Waals surface area (Å²) in [7, 11) is 3.51. The number of carbonyl (C=O) groups excluding carboxylic acids is 1. The lowest BCUT2D eigenvalue weighted by molar-refractivity contribution is -0.122. The number of carbonyl (C=O) groups is 1. The fourth-order valence-electron chi connectivity index (χ4n) is 4.58. The van der Waals surface area contributed by atoms with Crippen molar-refractivity contribution in [3.63, 3.8) is 0 Å². The van der Waals surface area contributed by atoms with Gasteiger partial charge in [0.2, 0.25) is 0 Å². The minimum atomic E-state index is -0.563. The summed E-state index contributed by atoms with van der Waals surface area (Å²) in [6.45, 7) is 1.90. The van der Waals surface area contributed by atoms with Crippen molar-refractivity contribution in [3.8, 4) is 11.5 Å². The number of benzene rings is 2. The van der Waals surface area contributed by atoms with Crippen molar-refractivity contribution in [1.82, 2.24) is 20.2 Å². The van der Waals surface area contributed by atoms with E-state index >= 15 is 0 Å². The van der Waals surface area contributed by atoms with Crippen LogP contribution in [0.3, 0.4) is 0 Å². The SMILES string of the molecule is COc1cc2ncnc(Nc3cccc(Cl)c3F)c2cc1O[C@H]1C[C@@H](C(=O)CNCC2CC2)N(C)C1. The van der Waals surface area contributed by atoms with Gasteiger partial charge in [0.1, 0.15) is 18.2 Å². The van der Waals surface area contributed by atoms with Gasteiger partial charge >= 0.3 is 0 Å². The lowest BCUT2D eigenvalue weighted by Crippen LogP contribution is -2.39. The molecular weight excluding hydrogens is 485 g/mol. The summed E-state index contributed by atoms with van der Waals surface area (Å²) >= 11 is 5.93. The third-order valence-corrected chi connectivity index (χ3v) is 7.02. The Balaban J connectivity index is 1.34. The van der Waals surface area contributed by atoms with Crippen LogP contribution in [0.15, 0.2) is 36.7 Å². The lowest BCUT2D eigenvalue weighted by Gasteiger charge is -2.17. The molecule has 0 bridgehead atoms. The highest BCUT2D eigenvalue weighted by Crippen LogP contribution is 2.37. The van der Waals surface area contributed by atoms with Crippen molar-refractivity contribution in [2.45, 2.75) is 31.4 Å². The summed E-state index contributed by atoms with van der Waals surface area (Å²) in [5.74, 6) is 1.78. The Morgan fingerprint density at radius 2 is 2.08 bits per heavy atom. The van der Waals surface area contributed by atoms with E-state index in [1.54, 1.807) is 31.4 Å². The third kappa shape index (κ3) is 5.38. The summed E-state index contributed by atoms with van der Waals surface area (Å²) < 4.78 is 26.4. The van der Waals surface area contributed by atoms with Gasteiger partial charge in [-0.1, -0.05) is 17.7 Å². The second-order valence-electron chi connectivity index (χ2n) is 9.44. The normalized spacial score (nSPS) is 20.0. The molecule has 1 saturated heterocycles. The van der Waals surface area contributed by atoms with Crippen LogP contribution in [0.2, 0.25) is 5.02 Å². The topological polar surface area (TPSA) is 88.6 Å². The van der Waals surface area contributed by atoms with E-state index in [9.17, 15) is 9.18 Å². The summed E-state index contributed by atoms with van der Waals surface area (Å²) in [6.07, 6.45) is 4.30. The number of fused-ring (bicyclic) bond motifs is 1. The largest absolute Gasteiger partial charge is 0.493 e. The molecule has 5 rings (SSSR count). The molecule has 1 aromatic heterocycles. The van der Waals surface area contributed by atoms with Crippen LogP contribution in [0.25, 0.3) is 10.9 Å². The molecule has 2 aromatic carbocycles. The van der Waals surface area contributed by atoms with Crippen LogP contribution in [0.4, 0.5) is 15.9 Å². The Hall–Kier alpha value is -3.01. The lowest BCUT2D eigenvalue weighted by atomic mass is 10.1. The number of halogens is 2. The van der Waals surface area contributed by atoms with Crippen molar-refractivity contribution in [2.24, 2.45) is 5.92 Å². The molecule has 3 aromatic rings. The first-order valence-corrected chi connectivity index (χ1v) is 12.4. The predicted octanol–water partition coefficient (Wildman–Crippen LogP) is 4.19. The van der Waals surface area contributed by atoms with E-state index in [2.05, 4.69) is 20.6 Å². The van der Waals surface area contributed by atoms with Gasteiger partial charge in [-0.05, 0) is 50.6 Å². The Morgan fingerprint density at radius 3 is 2.86 bits per heavy atom. The highest BCUT2D eigenvalue weighted by Gasteiger charge is 2.36. The molecular formula is C26H29ClFN5O3. The predicted molar refractivity (Wildman–Crippen MR) is 137 cm³/mol. The van der Waals surface area contributed by atoms with Crippen molar-refractivity contribution in [1.29, 1.82) is 0 Å². The van der Waals surface area contributed by atoms with Crippen LogP contribution in [-0.2, 0) is 4.79 Å². The van der Waals surface area contributed by atoms with Crippen LogP contribution in [0.5, 0.6) is 11.5 Å². The second kappa shape index (κ2) is 10.5. The first-order valence-electron chi connectivity index (χ1n) is 12.1. The third-order valence-electron chi connectivity index (χ3n) is 6.73. The summed E-state index contributed by atoms with van der Waals surface area (Å²) in [6, 6.07) is 8.07. The van der Waals surface area contributed by atoms with E-state index in [-0.39, 0.29) is 28.6 Å². The van der Waals surface area contributed by atoms with Crippen LogP contribution < -0.4 is 20.1 Å².